The molecule has 0 atom stereocenters. The minimum atomic E-state index is 0. The average Bonchev–Trinajstić information content (AvgIpc) is 2.31. The van der Waals surface area contributed by atoms with Crippen molar-refractivity contribution in [2.45, 2.75) is 71.1 Å². The summed E-state index contributed by atoms with van der Waals surface area (Å²) in [4.78, 5) is 9.42. The summed E-state index contributed by atoms with van der Waals surface area (Å²) in [5.74, 6) is 0. The summed E-state index contributed by atoms with van der Waals surface area (Å²) in [5.41, 5.74) is 0. The zero-order valence-corrected chi connectivity index (χ0v) is 13.9. The van der Waals surface area contributed by atoms with E-state index in [1.807, 2.05) is 0 Å². The Balaban J connectivity index is 0. The fourth-order valence-electron chi connectivity index (χ4n) is 1.74. The van der Waals surface area contributed by atoms with Crippen LogP contribution in [0, 0.1) is 0 Å². The Hall–Kier alpha value is 0.500. The number of rotatable bonds is 13. The largest absolute Gasteiger partial charge is 0.346 e. The van der Waals surface area contributed by atoms with Crippen LogP contribution in [0.1, 0.15) is 71.1 Å². The second kappa shape index (κ2) is 18.9. The van der Waals surface area contributed by atoms with Gasteiger partial charge < -0.3 is 4.89 Å². The van der Waals surface area contributed by atoms with Crippen LogP contribution in [0.5, 0.6) is 0 Å². The van der Waals surface area contributed by atoms with E-state index >= 15 is 0 Å². The fourth-order valence-corrected chi connectivity index (χ4v) is 1.74. The molecule has 0 saturated heterocycles. The summed E-state index contributed by atoms with van der Waals surface area (Å²) in [7, 11) is 0. The van der Waals surface area contributed by atoms with Crippen molar-refractivity contribution in [1.82, 2.24) is 0 Å². The minimum Gasteiger partial charge on any atom is -0.346 e. The van der Waals surface area contributed by atoms with Gasteiger partial charge in [0, 0.05) is 29.6 Å². The molecule has 1 radical (unpaired) electrons. The Labute approximate surface area is 129 Å². The van der Waals surface area contributed by atoms with E-state index in [0.29, 0.717) is 6.61 Å². The van der Waals surface area contributed by atoms with E-state index in [9.17, 15) is 0 Å². The third-order valence-corrected chi connectivity index (χ3v) is 2.72. The van der Waals surface area contributed by atoms with Crippen LogP contribution in [0.15, 0.2) is 12.8 Å². The van der Waals surface area contributed by atoms with Gasteiger partial charge in [0.2, 0.25) is 0 Å². The zero-order chi connectivity index (χ0) is 11.9. The Morgan fingerprint density at radius 1 is 0.824 bits per heavy atom. The topological polar surface area (TPSA) is 18.5 Å². The number of hydrogen-bond donors (Lipinski definition) is 0. The third-order valence-electron chi connectivity index (χ3n) is 2.72. The summed E-state index contributed by atoms with van der Waals surface area (Å²) in [6, 6.07) is 0. The molecule has 0 unspecified atom stereocenters. The molecule has 0 rings (SSSR count). The van der Waals surface area contributed by atoms with Gasteiger partial charge in [-0.1, -0.05) is 71.3 Å². The maximum atomic E-state index is 4.84. The first kappa shape index (κ1) is 19.8. The molecule has 0 aliphatic rings. The van der Waals surface area contributed by atoms with Gasteiger partial charge in [0.05, 0.1) is 6.61 Å². The molecule has 0 aromatic rings. The van der Waals surface area contributed by atoms with E-state index in [0.717, 1.165) is 6.42 Å². The molecule has 0 bridgehead atoms. The number of hydrogen-bond acceptors (Lipinski definition) is 2. The molecular weight excluding hydrogens is 223 g/mol. The quantitative estimate of drug-likeness (QED) is 0.156. The van der Waals surface area contributed by atoms with E-state index in [4.69, 9.17) is 4.89 Å². The van der Waals surface area contributed by atoms with Crippen molar-refractivity contribution >= 4 is 29.6 Å². The Bertz CT molecular complexity index is 140. The van der Waals surface area contributed by atoms with Crippen molar-refractivity contribution in [3.05, 3.63) is 12.8 Å². The van der Waals surface area contributed by atoms with Crippen LogP contribution < -0.4 is 0 Å². The first-order valence-electron chi connectivity index (χ1n) is 6.81. The van der Waals surface area contributed by atoms with E-state index < -0.39 is 0 Å². The van der Waals surface area contributed by atoms with Crippen molar-refractivity contribution in [2.24, 2.45) is 0 Å². The molecule has 0 aromatic heterocycles. The first-order valence-corrected chi connectivity index (χ1v) is 6.81. The molecular formula is C14H28NaO2. The number of unbranched alkanes of at least 4 members (excludes halogenated alkanes) is 9. The fraction of sp³-hybridized carbons (Fsp3) is 0.857. The van der Waals surface area contributed by atoms with Crippen LogP contribution in [-0.4, -0.2) is 36.2 Å². The van der Waals surface area contributed by atoms with Gasteiger partial charge in [-0.15, -0.1) is 0 Å². The van der Waals surface area contributed by atoms with Crippen molar-refractivity contribution in [2.75, 3.05) is 6.61 Å². The molecule has 0 aliphatic heterocycles. The predicted octanol–water partition coefficient (Wildman–Crippen LogP) is 4.62. The van der Waals surface area contributed by atoms with E-state index in [1.54, 1.807) is 0 Å². The maximum absolute atomic E-state index is 4.84. The molecule has 3 heteroatoms. The SMILES string of the molecule is C=COOCCCCCCCCCCCC.[Na]. The van der Waals surface area contributed by atoms with Crippen molar-refractivity contribution in [3.63, 3.8) is 0 Å². The predicted molar refractivity (Wildman–Crippen MR) is 74.8 cm³/mol. The van der Waals surface area contributed by atoms with E-state index in [-0.39, 0.29) is 29.6 Å². The van der Waals surface area contributed by atoms with Gasteiger partial charge in [-0.3, -0.25) is 0 Å². The van der Waals surface area contributed by atoms with E-state index in [2.05, 4.69) is 18.4 Å². The van der Waals surface area contributed by atoms with Crippen LogP contribution in [-0.2, 0) is 9.78 Å². The van der Waals surface area contributed by atoms with E-state index in [1.165, 1.54) is 64.0 Å². The van der Waals surface area contributed by atoms with Crippen LogP contribution in [0.3, 0.4) is 0 Å². The van der Waals surface area contributed by atoms with Crippen LogP contribution in [0.2, 0.25) is 0 Å². The molecule has 0 aliphatic carbocycles. The standard InChI is InChI=1S/C14H28O2.Na/c1-3-5-6-7-8-9-10-11-12-13-14-16-15-4-2;/h4H,2-3,5-14H2,1H3;. The maximum Gasteiger partial charge on any atom is 0.122 e. The van der Waals surface area contributed by atoms with Gasteiger partial charge in [-0.2, -0.15) is 4.89 Å². The van der Waals surface area contributed by atoms with Crippen molar-refractivity contribution in [1.29, 1.82) is 0 Å². The molecule has 0 saturated carbocycles. The summed E-state index contributed by atoms with van der Waals surface area (Å²) >= 11 is 0. The van der Waals surface area contributed by atoms with Gasteiger partial charge in [-0.05, 0) is 6.42 Å². The second-order valence-electron chi connectivity index (χ2n) is 4.27. The van der Waals surface area contributed by atoms with Crippen LogP contribution in [0.25, 0.3) is 0 Å². The van der Waals surface area contributed by atoms with Gasteiger partial charge in [0.1, 0.15) is 6.26 Å². The van der Waals surface area contributed by atoms with Gasteiger partial charge in [-0.25, -0.2) is 0 Å². The van der Waals surface area contributed by atoms with Gasteiger partial charge in [0.15, 0.2) is 0 Å². The molecule has 0 heterocycles. The molecule has 0 spiro atoms. The second-order valence-corrected chi connectivity index (χ2v) is 4.27. The smallest absolute Gasteiger partial charge is 0.122 e. The summed E-state index contributed by atoms with van der Waals surface area (Å²) < 4.78 is 0. The van der Waals surface area contributed by atoms with Crippen LogP contribution in [0.4, 0.5) is 0 Å². The first-order chi connectivity index (χ1) is 7.91. The molecule has 0 N–H and O–H groups in total. The minimum absolute atomic E-state index is 0. The molecule has 97 valence electrons. The van der Waals surface area contributed by atoms with Crippen LogP contribution >= 0.6 is 0 Å². The van der Waals surface area contributed by atoms with Crippen molar-refractivity contribution in [3.8, 4) is 0 Å². The average molecular weight is 251 g/mol. The molecule has 0 aromatic carbocycles. The Morgan fingerprint density at radius 3 is 1.76 bits per heavy atom. The molecule has 0 amide bonds. The Kier molecular flexibility index (Phi) is 22.0. The summed E-state index contributed by atoms with van der Waals surface area (Å²) in [5, 5.41) is 0. The zero-order valence-electron chi connectivity index (χ0n) is 11.9. The summed E-state index contributed by atoms with van der Waals surface area (Å²) in [6.45, 7) is 6.35. The third kappa shape index (κ3) is 19.0. The summed E-state index contributed by atoms with van der Waals surface area (Å²) in [6.07, 6.45) is 14.7. The van der Waals surface area contributed by atoms with Gasteiger partial charge >= 0.3 is 0 Å². The normalized spacial score (nSPS) is 9.71. The molecule has 2 nitrogen and oxygen atoms in total. The molecule has 0 fully saturated rings. The molecule has 17 heavy (non-hydrogen) atoms. The monoisotopic (exact) mass is 251 g/mol. The Morgan fingerprint density at radius 2 is 1.29 bits per heavy atom. The van der Waals surface area contributed by atoms with Crippen molar-refractivity contribution < 1.29 is 9.78 Å². The van der Waals surface area contributed by atoms with Gasteiger partial charge in [0.25, 0.3) is 0 Å².